The first-order chi connectivity index (χ1) is 11.2. The van der Waals surface area contributed by atoms with Crippen LogP contribution in [0.25, 0.3) is 5.76 Å². The van der Waals surface area contributed by atoms with Gasteiger partial charge in [0.25, 0.3) is 0 Å². The normalized spacial score (nSPS) is 17.1. The minimum atomic E-state index is -1.95. The molecule has 3 nitrogen and oxygen atoms in total. The molecule has 1 aromatic rings. The molecule has 1 aromatic carbocycles. The third-order valence-electron chi connectivity index (χ3n) is 5.02. The van der Waals surface area contributed by atoms with Crippen LogP contribution in [0.3, 0.4) is 0 Å². The summed E-state index contributed by atoms with van der Waals surface area (Å²) in [5.41, 5.74) is 1.45. The second-order valence-electron chi connectivity index (χ2n) is 7.78. The molecule has 1 aliphatic heterocycles. The van der Waals surface area contributed by atoms with Crippen molar-refractivity contribution in [1.29, 1.82) is 0 Å². The van der Waals surface area contributed by atoms with E-state index in [2.05, 4.69) is 33.9 Å². The lowest BCUT2D eigenvalue weighted by molar-refractivity contribution is 0.122. The van der Waals surface area contributed by atoms with Crippen LogP contribution in [0.2, 0.25) is 18.1 Å². The highest BCUT2D eigenvalue weighted by molar-refractivity contribution is 6.74. The van der Waals surface area contributed by atoms with Gasteiger partial charge < -0.3 is 14.1 Å². The van der Waals surface area contributed by atoms with E-state index in [0.717, 1.165) is 24.4 Å². The van der Waals surface area contributed by atoms with Gasteiger partial charge in [-0.1, -0.05) is 20.8 Å². The first-order valence-corrected chi connectivity index (χ1v) is 11.5. The van der Waals surface area contributed by atoms with Gasteiger partial charge in [-0.2, -0.15) is 0 Å². The largest absolute Gasteiger partial charge is 0.543 e. The Balaban J connectivity index is 2.23. The van der Waals surface area contributed by atoms with E-state index in [1.165, 1.54) is 0 Å². The third kappa shape index (κ3) is 4.19. The fourth-order valence-electron chi connectivity index (χ4n) is 2.43. The molecule has 1 saturated heterocycles. The van der Waals surface area contributed by atoms with E-state index in [4.69, 9.17) is 9.16 Å². The maximum atomic E-state index is 14.6. The molecule has 0 N–H and O–H groups in total. The van der Waals surface area contributed by atoms with Gasteiger partial charge in [0.05, 0.1) is 18.9 Å². The smallest absolute Gasteiger partial charge is 0.250 e. The molecule has 1 heterocycles. The van der Waals surface area contributed by atoms with Gasteiger partial charge in [0.2, 0.25) is 8.32 Å². The quantitative estimate of drug-likeness (QED) is 0.560. The highest BCUT2D eigenvalue weighted by atomic mass is 28.4. The first kappa shape index (κ1) is 19.0. The van der Waals surface area contributed by atoms with E-state index in [1.54, 1.807) is 6.07 Å². The average molecular weight is 352 g/mol. The number of allylic oxidation sites excluding steroid dienone is 1. The van der Waals surface area contributed by atoms with E-state index in [-0.39, 0.29) is 10.9 Å². The summed E-state index contributed by atoms with van der Waals surface area (Å²) >= 11 is 0. The lowest BCUT2D eigenvalue weighted by atomic mass is 10.1. The highest BCUT2D eigenvalue weighted by Gasteiger charge is 2.39. The van der Waals surface area contributed by atoms with Gasteiger partial charge in [-0.3, -0.25) is 0 Å². The van der Waals surface area contributed by atoms with Crippen molar-refractivity contribution in [2.24, 2.45) is 0 Å². The maximum Gasteiger partial charge on any atom is 0.250 e. The van der Waals surface area contributed by atoms with Gasteiger partial charge in [-0.15, -0.1) is 0 Å². The standard InChI is InChI=1S/C19H30FNO2Si/c1-7-18(23-24(5,6)19(2,3)4)15-8-9-17(16(20)14-15)21-10-12-22-13-11-21/h7-9,14H,10-13H2,1-6H3/b18-7+. The van der Waals surface area contributed by atoms with Crippen molar-refractivity contribution >= 4 is 19.8 Å². The molecular formula is C19H30FNO2Si. The van der Waals surface area contributed by atoms with E-state index >= 15 is 0 Å². The van der Waals surface area contributed by atoms with Crippen LogP contribution in [0.1, 0.15) is 33.3 Å². The fourth-order valence-corrected chi connectivity index (χ4v) is 3.53. The number of benzene rings is 1. The SMILES string of the molecule is C/C=C(/O[Si](C)(C)C(C)(C)C)c1ccc(N2CCOCC2)c(F)c1. The molecule has 0 saturated carbocycles. The Hall–Kier alpha value is -1.33. The molecule has 0 spiro atoms. The molecule has 1 aliphatic rings. The number of morpholine rings is 1. The molecule has 0 bridgehead atoms. The number of rotatable bonds is 4. The summed E-state index contributed by atoms with van der Waals surface area (Å²) in [5, 5.41) is 0.105. The van der Waals surface area contributed by atoms with E-state index < -0.39 is 8.32 Å². The Labute approximate surface area is 146 Å². The van der Waals surface area contributed by atoms with Crippen LogP contribution < -0.4 is 4.90 Å². The first-order valence-electron chi connectivity index (χ1n) is 8.63. The third-order valence-corrected chi connectivity index (χ3v) is 9.36. The summed E-state index contributed by atoms with van der Waals surface area (Å²) in [6, 6.07) is 5.40. The average Bonchev–Trinajstić information content (AvgIpc) is 2.52. The van der Waals surface area contributed by atoms with Crippen molar-refractivity contribution in [3.05, 3.63) is 35.7 Å². The van der Waals surface area contributed by atoms with E-state index in [1.807, 2.05) is 30.0 Å². The number of anilines is 1. The Morgan fingerprint density at radius 2 is 1.88 bits per heavy atom. The van der Waals surface area contributed by atoms with Crippen LogP contribution in [0.5, 0.6) is 0 Å². The molecule has 0 atom stereocenters. The van der Waals surface area contributed by atoms with Crippen molar-refractivity contribution in [3.63, 3.8) is 0 Å². The van der Waals surface area contributed by atoms with Crippen molar-refractivity contribution in [3.8, 4) is 0 Å². The zero-order valence-corrected chi connectivity index (χ0v) is 16.8. The summed E-state index contributed by atoms with van der Waals surface area (Å²) in [4.78, 5) is 2.03. The Morgan fingerprint density at radius 3 is 2.38 bits per heavy atom. The molecule has 2 rings (SSSR count). The number of nitrogens with zero attached hydrogens (tertiary/aromatic N) is 1. The number of ether oxygens (including phenoxy) is 1. The number of hydrogen-bond acceptors (Lipinski definition) is 3. The lowest BCUT2D eigenvalue weighted by Crippen LogP contribution is -2.40. The number of halogens is 1. The molecule has 0 aromatic heterocycles. The Bertz CT molecular complexity index is 602. The second kappa shape index (κ2) is 7.27. The summed E-state index contributed by atoms with van der Waals surface area (Å²) in [7, 11) is -1.95. The van der Waals surface area contributed by atoms with Crippen molar-refractivity contribution in [2.45, 2.75) is 45.8 Å². The molecule has 1 fully saturated rings. The van der Waals surface area contributed by atoms with Gasteiger partial charge in [-0.05, 0) is 49.3 Å². The summed E-state index contributed by atoms with van der Waals surface area (Å²) < 4.78 is 26.4. The topological polar surface area (TPSA) is 21.7 Å². The molecule has 5 heteroatoms. The van der Waals surface area contributed by atoms with Gasteiger partial charge in [0.1, 0.15) is 11.6 Å². The van der Waals surface area contributed by atoms with Crippen LogP contribution in [0, 0.1) is 5.82 Å². The highest BCUT2D eigenvalue weighted by Crippen LogP contribution is 2.39. The van der Waals surface area contributed by atoms with Gasteiger partial charge >= 0.3 is 0 Å². The fraction of sp³-hybridized carbons (Fsp3) is 0.579. The van der Waals surface area contributed by atoms with Crippen molar-refractivity contribution < 1.29 is 13.6 Å². The maximum absolute atomic E-state index is 14.6. The van der Waals surface area contributed by atoms with Crippen LogP contribution in [-0.2, 0) is 9.16 Å². The monoisotopic (exact) mass is 351 g/mol. The van der Waals surface area contributed by atoms with Gasteiger partial charge in [0.15, 0.2) is 0 Å². The Kier molecular flexibility index (Phi) is 5.76. The minimum absolute atomic E-state index is 0.105. The predicted octanol–water partition coefficient (Wildman–Crippen LogP) is 5.04. The van der Waals surface area contributed by atoms with E-state index in [9.17, 15) is 4.39 Å². The van der Waals surface area contributed by atoms with Crippen LogP contribution >= 0.6 is 0 Å². The van der Waals surface area contributed by atoms with Crippen LogP contribution in [0.15, 0.2) is 24.3 Å². The molecule has 0 amide bonds. The van der Waals surface area contributed by atoms with Crippen molar-refractivity contribution in [1.82, 2.24) is 0 Å². The molecule has 24 heavy (non-hydrogen) atoms. The molecule has 0 radical (unpaired) electrons. The van der Waals surface area contributed by atoms with Crippen LogP contribution in [-0.4, -0.2) is 34.6 Å². The van der Waals surface area contributed by atoms with E-state index in [0.29, 0.717) is 18.9 Å². The predicted molar refractivity (Wildman–Crippen MR) is 101 cm³/mol. The van der Waals surface area contributed by atoms with Gasteiger partial charge in [0, 0.05) is 18.7 Å². The van der Waals surface area contributed by atoms with Crippen molar-refractivity contribution in [2.75, 3.05) is 31.2 Å². The molecule has 0 aliphatic carbocycles. The zero-order chi connectivity index (χ0) is 18.0. The van der Waals surface area contributed by atoms with Crippen LogP contribution in [0.4, 0.5) is 10.1 Å². The summed E-state index contributed by atoms with van der Waals surface area (Å²) in [6.07, 6.45) is 1.93. The van der Waals surface area contributed by atoms with Gasteiger partial charge in [-0.25, -0.2) is 4.39 Å². The second-order valence-corrected chi connectivity index (χ2v) is 12.5. The number of hydrogen-bond donors (Lipinski definition) is 0. The summed E-state index contributed by atoms with van der Waals surface area (Å²) in [6.45, 7) is 15.7. The zero-order valence-electron chi connectivity index (χ0n) is 15.8. The Morgan fingerprint density at radius 1 is 1.25 bits per heavy atom. The minimum Gasteiger partial charge on any atom is -0.543 e. The lowest BCUT2D eigenvalue weighted by Gasteiger charge is -2.37. The molecule has 134 valence electrons. The molecular weight excluding hydrogens is 321 g/mol. The summed E-state index contributed by atoms with van der Waals surface area (Å²) in [5.74, 6) is 0.571. The molecule has 0 unspecified atom stereocenters.